The zero-order valence-electron chi connectivity index (χ0n) is 8.74. The van der Waals surface area contributed by atoms with Crippen LogP contribution in [0.15, 0.2) is 16.7 Å². The second-order valence-corrected chi connectivity index (χ2v) is 4.49. The molecule has 0 spiro atoms. The molecule has 0 bridgehead atoms. The molecule has 1 saturated heterocycles. The van der Waals surface area contributed by atoms with Crippen molar-refractivity contribution in [3.05, 3.63) is 22.4 Å². The minimum atomic E-state index is 0.379. The van der Waals surface area contributed by atoms with Crippen LogP contribution in [0.1, 0.15) is 18.5 Å². The number of nitrogens with zero attached hydrogens (tertiary/aromatic N) is 2. The summed E-state index contributed by atoms with van der Waals surface area (Å²) in [5.74, 6) is 0. The first kappa shape index (κ1) is 11.4. The SMILES string of the molecule is N#Cc1nc(Br)ccc1NC1CCOCC1. The van der Waals surface area contributed by atoms with Crippen LogP contribution in [0.25, 0.3) is 0 Å². The quantitative estimate of drug-likeness (QED) is 0.846. The Balaban J connectivity index is 2.11. The van der Waals surface area contributed by atoms with Gasteiger partial charge in [0.15, 0.2) is 5.69 Å². The van der Waals surface area contributed by atoms with Crippen LogP contribution in [0.5, 0.6) is 0 Å². The number of hydrogen-bond donors (Lipinski definition) is 1. The molecule has 1 fully saturated rings. The van der Waals surface area contributed by atoms with Crippen LogP contribution in [0, 0.1) is 11.3 Å². The van der Waals surface area contributed by atoms with E-state index in [1.165, 1.54) is 0 Å². The fourth-order valence-corrected chi connectivity index (χ4v) is 2.01. The molecule has 2 heterocycles. The van der Waals surface area contributed by atoms with Gasteiger partial charge in [0, 0.05) is 19.3 Å². The lowest BCUT2D eigenvalue weighted by molar-refractivity contribution is 0.0904. The molecule has 2 rings (SSSR count). The fourth-order valence-electron chi connectivity index (χ4n) is 1.70. The van der Waals surface area contributed by atoms with Gasteiger partial charge in [-0.3, -0.25) is 0 Å². The van der Waals surface area contributed by atoms with Gasteiger partial charge in [-0.1, -0.05) is 0 Å². The lowest BCUT2D eigenvalue weighted by Gasteiger charge is -2.24. The molecule has 0 radical (unpaired) electrons. The minimum Gasteiger partial charge on any atom is -0.381 e. The Kier molecular flexibility index (Phi) is 3.75. The van der Waals surface area contributed by atoms with Crippen LogP contribution in [0.3, 0.4) is 0 Å². The van der Waals surface area contributed by atoms with E-state index in [1.54, 1.807) is 0 Å². The van der Waals surface area contributed by atoms with Gasteiger partial charge >= 0.3 is 0 Å². The van der Waals surface area contributed by atoms with Crippen molar-refractivity contribution in [2.24, 2.45) is 0 Å². The highest BCUT2D eigenvalue weighted by Crippen LogP contribution is 2.20. The van der Waals surface area contributed by atoms with Gasteiger partial charge < -0.3 is 10.1 Å². The molecule has 0 aliphatic carbocycles. The molecule has 16 heavy (non-hydrogen) atoms. The van der Waals surface area contributed by atoms with Crippen LogP contribution in [0.2, 0.25) is 0 Å². The predicted molar refractivity (Wildman–Crippen MR) is 64.1 cm³/mol. The maximum absolute atomic E-state index is 8.97. The Labute approximate surface area is 103 Å². The Morgan fingerprint density at radius 3 is 2.88 bits per heavy atom. The lowest BCUT2D eigenvalue weighted by Crippen LogP contribution is -2.28. The van der Waals surface area contributed by atoms with E-state index in [2.05, 4.69) is 32.3 Å². The number of rotatable bonds is 2. The van der Waals surface area contributed by atoms with Crippen LogP contribution in [-0.2, 0) is 4.74 Å². The van der Waals surface area contributed by atoms with Crippen molar-refractivity contribution in [3.8, 4) is 6.07 Å². The van der Waals surface area contributed by atoms with Crippen molar-refractivity contribution in [2.45, 2.75) is 18.9 Å². The summed E-state index contributed by atoms with van der Waals surface area (Å²) >= 11 is 3.25. The van der Waals surface area contributed by atoms with Gasteiger partial charge in [0.05, 0.1) is 5.69 Å². The van der Waals surface area contributed by atoms with E-state index >= 15 is 0 Å². The van der Waals surface area contributed by atoms with Crippen LogP contribution >= 0.6 is 15.9 Å². The van der Waals surface area contributed by atoms with Crippen molar-refractivity contribution >= 4 is 21.6 Å². The summed E-state index contributed by atoms with van der Waals surface area (Å²) in [7, 11) is 0. The van der Waals surface area contributed by atoms with Crippen LogP contribution in [0.4, 0.5) is 5.69 Å². The monoisotopic (exact) mass is 281 g/mol. The van der Waals surface area contributed by atoms with E-state index in [0.717, 1.165) is 31.7 Å². The zero-order chi connectivity index (χ0) is 11.4. The largest absolute Gasteiger partial charge is 0.381 e. The first-order chi connectivity index (χ1) is 7.79. The Morgan fingerprint density at radius 2 is 2.19 bits per heavy atom. The molecule has 0 amide bonds. The molecule has 1 aromatic heterocycles. The highest BCUT2D eigenvalue weighted by Gasteiger charge is 2.15. The smallest absolute Gasteiger partial charge is 0.164 e. The molecule has 0 unspecified atom stereocenters. The number of halogens is 1. The van der Waals surface area contributed by atoms with E-state index in [4.69, 9.17) is 10.00 Å². The summed E-state index contributed by atoms with van der Waals surface area (Å²) in [5.41, 5.74) is 1.23. The number of anilines is 1. The molecule has 0 saturated carbocycles. The van der Waals surface area contributed by atoms with E-state index in [0.29, 0.717) is 16.3 Å². The van der Waals surface area contributed by atoms with Crippen molar-refractivity contribution in [2.75, 3.05) is 18.5 Å². The second-order valence-electron chi connectivity index (χ2n) is 3.67. The van der Waals surface area contributed by atoms with Crippen LogP contribution < -0.4 is 5.32 Å². The first-order valence-corrected chi connectivity index (χ1v) is 6.00. The summed E-state index contributed by atoms with van der Waals surface area (Å²) in [6.07, 6.45) is 1.95. The maximum atomic E-state index is 8.97. The average molecular weight is 282 g/mol. The summed E-state index contributed by atoms with van der Waals surface area (Å²) in [4.78, 5) is 4.12. The highest BCUT2D eigenvalue weighted by molar-refractivity contribution is 9.10. The molecule has 5 heteroatoms. The third kappa shape index (κ3) is 2.71. The predicted octanol–water partition coefficient (Wildman–Crippen LogP) is 2.31. The maximum Gasteiger partial charge on any atom is 0.164 e. The van der Waals surface area contributed by atoms with Gasteiger partial charge in [0.25, 0.3) is 0 Å². The van der Waals surface area contributed by atoms with E-state index in [1.807, 2.05) is 12.1 Å². The molecular formula is C11H12BrN3O. The van der Waals surface area contributed by atoms with Crippen LogP contribution in [-0.4, -0.2) is 24.2 Å². The second kappa shape index (κ2) is 5.28. The van der Waals surface area contributed by atoms with Crippen molar-refractivity contribution in [1.82, 2.24) is 4.98 Å². The van der Waals surface area contributed by atoms with Gasteiger partial charge in [-0.2, -0.15) is 5.26 Å². The normalized spacial score (nSPS) is 16.8. The number of hydrogen-bond acceptors (Lipinski definition) is 4. The van der Waals surface area contributed by atoms with Crippen molar-refractivity contribution in [1.29, 1.82) is 5.26 Å². The van der Waals surface area contributed by atoms with Crippen molar-refractivity contribution < 1.29 is 4.74 Å². The molecule has 84 valence electrons. The standard InChI is InChI=1S/C11H12BrN3O/c12-11-2-1-9(10(7-13)15-11)14-8-3-5-16-6-4-8/h1-2,8,14H,3-6H2. The van der Waals surface area contributed by atoms with Gasteiger partial charge in [0.2, 0.25) is 0 Å². The molecule has 1 aliphatic heterocycles. The molecule has 0 atom stereocenters. The number of pyridine rings is 1. The lowest BCUT2D eigenvalue weighted by atomic mass is 10.1. The Bertz CT molecular complexity index is 410. The third-order valence-corrected chi connectivity index (χ3v) is 2.99. The fraction of sp³-hybridized carbons (Fsp3) is 0.455. The van der Waals surface area contributed by atoms with Gasteiger partial charge in [-0.05, 0) is 40.9 Å². The average Bonchev–Trinajstić information content (AvgIpc) is 2.33. The number of ether oxygens (including phenoxy) is 1. The number of aromatic nitrogens is 1. The van der Waals surface area contributed by atoms with E-state index in [9.17, 15) is 0 Å². The summed E-state index contributed by atoms with van der Waals surface area (Å²) in [6.45, 7) is 1.56. The van der Waals surface area contributed by atoms with Gasteiger partial charge in [-0.25, -0.2) is 4.98 Å². The van der Waals surface area contributed by atoms with E-state index in [-0.39, 0.29) is 0 Å². The molecule has 4 nitrogen and oxygen atoms in total. The summed E-state index contributed by atoms with van der Waals surface area (Å²) < 4.78 is 5.97. The zero-order valence-corrected chi connectivity index (χ0v) is 10.3. The number of nitrogens with one attached hydrogen (secondary N) is 1. The summed E-state index contributed by atoms with van der Waals surface area (Å²) in [5, 5.41) is 12.3. The number of nitriles is 1. The third-order valence-electron chi connectivity index (χ3n) is 2.55. The first-order valence-electron chi connectivity index (χ1n) is 5.20. The Morgan fingerprint density at radius 1 is 1.44 bits per heavy atom. The molecule has 0 aromatic carbocycles. The minimum absolute atomic E-state index is 0.379. The topological polar surface area (TPSA) is 57.9 Å². The van der Waals surface area contributed by atoms with Crippen molar-refractivity contribution in [3.63, 3.8) is 0 Å². The highest BCUT2D eigenvalue weighted by atomic mass is 79.9. The molecule has 1 aromatic rings. The van der Waals surface area contributed by atoms with E-state index < -0.39 is 0 Å². The Hall–Kier alpha value is -1.12. The molecular weight excluding hydrogens is 270 g/mol. The summed E-state index contributed by atoms with van der Waals surface area (Å²) in [6, 6.07) is 6.19. The van der Waals surface area contributed by atoms with Gasteiger partial charge in [-0.15, -0.1) is 0 Å². The molecule has 1 N–H and O–H groups in total. The van der Waals surface area contributed by atoms with Gasteiger partial charge in [0.1, 0.15) is 10.7 Å². The molecule has 1 aliphatic rings.